The maximum absolute atomic E-state index is 5.84. The van der Waals surface area contributed by atoms with Gasteiger partial charge in [-0.2, -0.15) is 0 Å². The normalized spacial score (nSPS) is 26.3. The summed E-state index contributed by atoms with van der Waals surface area (Å²) in [5.41, 5.74) is 1.94. The second-order valence-corrected chi connectivity index (χ2v) is 8.39. The Bertz CT molecular complexity index is 170. The molecule has 2 fully saturated rings. The van der Waals surface area contributed by atoms with Gasteiger partial charge in [-0.3, -0.25) is 0 Å². The molecule has 0 aromatic heterocycles. The average molecular weight is 229 g/mol. The zero-order valence-electron chi connectivity index (χ0n) is 9.08. The van der Waals surface area contributed by atoms with Gasteiger partial charge in [-0.25, -0.2) is 0 Å². The molecule has 2 aliphatic rings. The van der Waals surface area contributed by atoms with Crippen LogP contribution in [0.3, 0.4) is 0 Å². The zero-order valence-corrected chi connectivity index (χ0v) is 10.8. The molecule has 0 N–H and O–H groups in total. The average Bonchev–Trinajstić information content (AvgIpc) is 2.30. The highest BCUT2D eigenvalue weighted by atomic mass is 32.4. The largest absolute Gasteiger partial charge is 0.181 e. The molecule has 0 bridgehead atoms. The summed E-state index contributed by atoms with van der Waals surface area (Å²) < 4.78 is 0. The van der Waals surface area contributed by atoms with Crippen LogP contribution in [0.15, 0.2) is 0 Å². The summed E-state index contributed by atoms with van der Waals surface area (Å²) in [5, 5.41) is 0. The highest BCUT2D eigenvalue weighted by molar-refractivity contribution is 8.05. The van der Waals surface area contributed by atoms with E-state index in [0.717, 1.165) is 11.3 Å². The van der Waals surface area contributed by atoms with Gasteiger partial charge in [-0.1, -0.05) is 12.8 Å². The maximum atomic E-state index is 5.84. The standard InChI is InChI=1S/C12H22PS/c14-13(11-7-3-1-4-8-11)12-9-5-2-6-10-12/h11-12H,1-10H2/q+1. The Morgan fingerprint density at radius 2 is 1.00 bits per heavy atom. The quantitative estimate of drug-likeness (QED) is 0.624. The van der Waals surface area contributed by atoms with E-state index in [0.29, 0.717) is 0 Å². The SMILES string of the molecule is S=[P+](C1CCCCC1)C1CCCCC1. The van der Waals surface area contributed by atoms with Gasteiger partial charge in [0.2, 0.25) is 0 Å². The summed E-state index contributed by atoms with van der Waals surface area (Å²) >= 11 is 5.84. The second-order valence-electron chi connectivity index (χ2n) is 4.94. The van der Waals surface area contributed by atoms with Crippen LogP contribution in [-0.2, 0) is 11.8 Å². The summed E-state index contributed by atoms with van der Waals surface area (Å²) in [6, 6.07) is 0. The van der Waals surface area contributed by atoms with Gasteiger partial charge in [0.25, 0.3) is 0 Å². The maximum Gasteiger partial charge on any atom is 0.181 e. The van der Waals surface area contributed by atoms with Crippen LogP contribution < -0.4 is 0 Å². The van der Waals surface area contributed by atoms with Gasteiger partial charge < -0.3 is 0 Å². The van der Waals surface area contributed by atoms with Crippen molar-refractivity contribution in [3.05, 3.63) is 0 Å². The first kappa shape index (κ1) is 11.0. The fraction of sp³-hybridized carbons (Fsp3) is 1.00. The van der Waals surface area contributed by atoms with E-state index in [-0.39, 0.29) is 6.70 Å². The van der Waals surface area contributed by atoms with Crippen molar-refractivity contribution in [3.8, 4) is 0 Å². The first-order chi connectivity index (χ1) is 6.88. The van der Waals surface area contributed by atoms with E-state index in [1.165, 1.54) is 64.2 Å². The first-order valence-corrected chi connectivity index (χ1v) is 8.83. The predicted octanol–water partition coefficient (Wildman–Crippen LogP) is 4.60. The van der Waals surface area contributed by atoms with Gasteiger partial charge >= 0.3 is 0 Å². The van der Waals surface area contributed by atoms with E-state index in [4.69, 9.17) is 11.8 Å². The Labute approximate surface area is 94.3 Å². The van der Waals surface area contributed by atoms with Gasteiger partial charge in [-0.15, -0.1) is 0 Å². The van der Waals surface area contributed by atoms with Crippen LogP contribution in [0.5, 0.6) is 0 Å². The molecule has 0 aromatic rings. The molecule has 0 atom stereocenters. The van der Waals surface area contributed by atoms with Crippen LogP contribution >= 0.6 is 6.70 Å². The molecule has 14 heavy (non-hydrogen) atoms. The van der Waals surface area contributed by atoms with Crippen LogP contribution in [0.25, 0.3) is 0 Å². The molecule has 2 heteroatoms. The molecule has 80 valence electrons. The van der Waals surface area contributed by atoms with Crippen molar-refractivity contribution in [2.24, 2.45) is 0 Å². The lowest BCUT2D eigenvalue weighted by Gasteiger charge is -2.21. The van der Waals surface area contributed by atoms with E-state index >= 15 is 0 Å². The Hall–Kier alpha value is 0.520. The van der Waals surface area contributed by atoms with Crippen molar-refractivity contribution < 1.29 is 0 Å². The molecule has 0 amide bonds. The highest BCUT2D eigenvalue weighted by Crippen LogP contribution is 2.47. The Morgan fingerprint density at radius 3 is 1.36 bits per heavy atom. The van der Waals surface area contributed by atoms with Gasteiger partial charge in [0.1, 0.15) is 11.3 Å². The van der Waals surface area contributed by atoms with Gasteiger partial charge in [0.15, 0.2) is 18.5 Å². The van der Waals surface area contributed by atoms with Crippen LogP contribution in [-0.4, -0.2) is 11.3 Å². The van der Waals surface area contributed by atoms with Gasteiger partial charge in [0, 0.05) is 0 Å². The van der Waals surface area contributed by atoms with Gasteiger partial charge in [-0.05, 0) is 51.4 Å². The number of rotatable bonds is 2. The minimum Gasteiger partial charge on any atom is -0.0530 e. The molecule has 2 saturated carbocycles. The Kier molecular flexibility index (Phi) is 4.38. The van der Waals surface area contributed by atoms with E-state index in [1.54, 1.807) is 0 Å². The van der Waals surface area contributed by atoms with Crippen molar-refractivity contribution in [1.29, 1.82) is 0 Å². The Balaban J connectivity index is 1.85. The van der Waals surface area contributed by atoms with Crippen molar-refractivity contribution in [3.63, 3.8) is 0 Å². The molecule has 0 spiro atoms. The Morgan fingerprint density at radius 1 is 0.643 bits per heavy atom. The lowest BCUT2D eigenvalue weighted by molar-refractivity contribution is 0.489. The second kappa shape index (κ2) is 5.56. The molecule has 0 aliphatic heterocycles. The fourth-order valence-corrected chi connectivity index (χ4v) is 6.58. The highest BCUT2D eigenvalue weighted by Gasteiger charge is 2.35. The summed E-state index contributed by atoms with van der Waals surface area (Å²) in [6.07, 6.45) is 14.7. The fourth-order valence-electron chi connectivity index (χ4n) is 2.97. The zero-order chi connectivity index (χ0) is 9.80. The van der Waals surface area contributed by atoms with Crippen molar-refractivity contribution >= 4 is 18.5 Å². The topological polar surface area (TPSA) is 0 Å². The molecule has 2 rings (SSSR count). The smallest absolute Gasteiger partial charge is 0.0530 e. The van der Waals surface area contributed by atoms with Crippen LogP contribution in [0.1, 0.15) is 64.2 Å². The van der Waals surface area contributed by atoms with E-state index < -0.39 is 0 Å². The third-order valence-corrected chi connectivity index (χ3v) is 8.13. The molecule has 0 radical (unpaired) electrons. The molecule has 0 heterocycles. The van der Waals surface area contributed by atoms with Crippen LogP contribution in [0.4, 0.5) is 0 Å². The number of hydrogen-bond donors (Lipinski definition) is 0. The van der Waals surface area contributed by atoms with E-state index in [1.807, 2.05) is 0 Å². The lowest BCUT2D eigenvalue weighted by Crippen LogP contribution is -2.16. The van der Waals surface area contributed by atoms with Crippen molar-refractivity contribution in [1.82, 2.24) is 0 Å². The van der Waals surface area contributed by atoms with E-state index in [2.05, 4.69) is 0 Å². The van der Waals surface area contributed by atoms with Crippen LogP contribution in [0, 0.1) is 0 Å². The van der Waals surface area contributed by atoms with Gasteiger partial charge in [0.05, 0.1) is 0 Å². The third-order valence-electron chi connectivity index (χ3n) is 3.87. The minimum atomic E-state index is -0.0336. The number of hydrogen-bond acceptors (Lipinski definition) is 1. The summed E-state index contributed by atoms with van der Waals surface area (Å²) in [4.78, 5) is 0. The summed E-state index contributed by atoms with van der Waals surface area (Å²) in [5.74, 6) is 0. The molecule has 0 saturated heterocycles. The van der Waals surface area contributed by atoms with Crippen molar-refractivity contribution in [2.75, 3.05) is 0 Å². The summed E-state index contributed by atoms with van der Waals surface area (Å²) in [6.45, 7) is -0.0336. The molecular weight excluding hydrogens is 207 g/mol. The molecular formula is C12H22PS+. The molecule has 2 aliphatic carbocycles. The molecule has 0 unspecified atom stereocenters. The summed E-state index contributed by atoms with van der Waals surface area (Å²) in [7, 11) is 0. The molecule has 0 aromatic carbocycles. The molecule has 0 nitrogen and oxygen atoms in total. The van der Waals surface area contributed by atoms with Crippen molar-refractivity contribution in [2.45, 2.75) is 75.5 Å². The van der Waals surface area contributed by atoms with Crippen LogP contribution in [0.2, 0.25) is 0 Å². The van der Waals surface area contributed by atoms with E-state index in [9.17, 15) is 0 Å². The lowest BCUT2D eigenvalue weighted by atomic mass is 10.00. The third kappa shape index (κ3) is 2.76. The monoisotopic (exact) mass is 229 g/mol. The first-order valence-electron chi connectivity index (χ1n) is 6.33. The minimum absolute atomic E-state index is 0.0336. The predicted molar refractivity (Wildman–Crippen MR) is 68.0 cm³/mol.